The number of hydrogen-bond acceptors (Lipinski definition) is 2. The van der Waals surface area contributed by atoms with Crippen molar-refractivity contribution < 1.29 is 9.53 Å². The zero-order valence-corrected chi connectivity index (χ0v) is 19.2. The van der Waals surface area contributed by atoms with Gasteiger partial charge in [0, 0.05) is 5.56 Å². The van der Waals surface area contributed by atoms with Crippen molar-refractivity contribution in [2.24, 2.45) is 0 Å². The Balaban J connectivity index is 0.000000421. The monoisotopic (exact) mass is 396 g/mol. The molecule has 0 saturated heterocycles. The molecule has 0 N–H and O–H groups in total. The van der Waals surface area contributed by atoms with Gasteiger partial charge in [0.15, 0.2) is 5.78 Å². The summed E-state index contributed by atoms with van der Waals surface area (Å²) in [6.07, 6.45) is 8.07. The molecule has 0 radical (unpaired) electrons. The summed E-state index contributed by atoms with van der Waals surface area (Å²) < 4.78 is 5.36. The first kappa shape index (κ1) is 26.6. The maximum atomic E-state index is 11.1. The number of benzene rings is 2. The third kappa shape index (κ3) is 13.5. The summed E-state index contributed by atoms with van der Waals surface area (Å²) in [6, 6.07) is 17.4. The van der Waals surface area contributed by atoms with Crippen LogP contribution in [0.5, 0.6) is 5.75 Å². The van der Waals surface area contributed by atoms with Gasteiger partial charge in [-0.1, -0.05) is 107 Å². The fourth-order valence-corrected chi connectivity index (χ4v) is 2.58. The minimum Gasteiger partial charge on any atom is -0.494 e. The number of rotatable bonds is 9. The minimum absolute atomic E-state index is 0.0913. The number of allylic oxidation sites excluding steroid dienone is 1. The number of para-hydroxylation sites is 1. The van der Waals surface area contributed by atoms with Crippen molar-refractivity contribution in [2.75, 3.05) is 6.61 Å². The maximum absolute atomic E-state index is 11.1. The third-order valence-corrected chi connectivity index (χ3v) is 4.19. The third-order valence-electron chi connectivity index (χ3n) is 4.19. The molecular weight excluding hydrogens is 356 g/mol. The van der Waals surface area contributed by atoms with Crippen LogP contribution in [0.4, 0.5) is 0 Å². The normalized spacial score (nSPS) is 9.41. The second-order valence-corrected chi connectivity index (χ2v) is 7.10. The molecule has 0 heterocycles. The van der Waals surface area contributed by atoms with Crippen molar-refractivity contribution in [1.29, 1.82) is 0 Å². The number of ether oxygens (including phenoxy) is 1. The molecule has 0 unspecified atom stereocenters. The number of unbranched alkanes of at least 4 members (excludes halogenated alkanes) is 4. The van der Waals surface area contributed by atoms with E-state index in [1.807, 2.05) is 61.5 Å². The highest BCUT2D eigenvalue weighted by molar-refractivity contribution is 5.98. The van der Waals surface area contributed by atoms with E-state index < -0.39 is 0 Å². The molecule has 0 saturated carbocycles. The molecule has 0 amide bonds. The van der Waals surface area contributed by atoms with Gasteiger partial charge >= 0.3 is 0 Å². The number of ketones is 1. The van der Waals surface area contributed by atoms with Gasteiger partial charge in [0.1, 0.15) is 5.75 Å². The Bertz CT molecular complexity index is 637. The lowest BCUT2D eigenvalue weighted by Gasteiger charge is -2.04. The second kappa shape index (κ2) is 17.7. The van der Waals surface area contributed by atoms with Crippen LogP contribution in [0.15, 0.2) is 61.2 Å². The predicted molar refractivity (Wildman–Crippen MR) is 128 cm³/mol. The van der Waals surface area contributed by atoms with E-state index in [9.17, 15) is 4.79 Å². The summed E-state index contributed by atoms with van der Waals surface area (Å²) in [5.41, 5.74) is 2.64. The van der Waals surface area contributed by atoms with Gasteiger partial charge in [-0.25, -0.2) is 0 Å². The molecule has 29 heavy (non-hydrogen) atoms. The highest BCUT2D eigenvalue weighted by atomic mass is 16.5. The molecule has 2 rings (SSSR count). The van der Waals surface area contributed by atoms with Gasteiger partial charge in [0.2, 0.25) is 0 Å². The molecule has 2 heteroatoms. The van der Waals surface area contributed by atoms with Crippen LogP contribution in [0.3, 0.4) is 0 Å². The van der Waals surface area contributed by atoms with Gasteiger partial charge in [-0.2, -0.15) is 0 Å². The van der Waals surface area contributed by atoms with E-state index in [1.54, 1.807) is 6.92 Å². The molecule has 2 aromatic rings. The summed E-state index contributed by atoms with van der Waals surface area (Å²) in [5.74, 6) is 1.05. The van der Waals surface area contributed by atoms with Gasteiger partial charge < -0.3 is 4.74 Å². The maximum Gasteiger partial charge on any atom is 0.160 e. The molecule has 0 aliphatic rings. The number of carbonyl (C=O) groups is 1. The Morgan fingerprint density at radius 3 is 1.69 bits per heavy atom. The van der Waals surface area contributed by atoms with Crippen LogP contribution in [0, 0.1) is 0 Å². The van der Waals surface area contributed by atoms with E-state index in [4.69, 9.17) is 4.74 Å². The molecule has 0 fully saturated rings. The SMILES string of the molecule is C=C(C)c1ccccc1C(C)=O.CCCCCCC.CCCOc1ccccc1. The van der Waals surface area contributed by atoms with Gasteiger partial charge in [0.25, 0.3) is 0 Å². The molecule has 0 aliphatic heterocycles. The Morgan fingerprint density at radius 2 is 1.28 bits per heavy atom. The van der Waals surface area contributed by atoms with Crippen molar-refractivity contribution in [3.05, 3.63) is 72.3 Å². The molecule has 0 atom stereocenters. The molecule has 2 aromatic carbocycles. The first-order valence-electron chi connectivity index (χ1n) is 10.9. The molecule has 160 valence electrons. The number of Topliss-reactive ketones (excluding diaryl/α,β-unsaturated/α-hetero) is 1. The van der Waals surface area contributed by atoms with Crippen LogP contribution in [0.2, 0.25) is 0 Å². The summed E-state index contributed by atoms with van der Waals surface area (Å²) in [5, 5.41) is 0. The fourth-order valence-electron chi connectivity index (χ4n) is 2.58. The van der Waals surface area contributed by atoms with Gasteiger partial charge in [-0.15, -0.1) is 0 Å². The van der Waals surface area contributed by atoms with E-state index in [1.165, 1.54) is 32.1 Å². The lowest BCUT2D eigenvalue weighted by molar-refractivity contribution is 0.101. The Labute approximate surface area is 179 Å². The summed E-state index contributed by atoms with van der Waals surface area (Å²) in [4.78, 5) is 11.1. The van der Waals surface area contributed by atoms with Crippen LogP contribution in [-0.2, 0) is 0 Å². The van der Waals surface area contributed by atoms with Crippen molar-refractivity contribution >= 4 is 11.4 Å². The molecule has 0 spiro atoms. The topological polar surface area (TPSA) is 26.3 Å². The predicted octanol–water partition coefficient (Wildman–Crippen LogP) is 8.37. The van der Waals surface area contributed by atoms with Crippen LogP contribution >= 0.6 is 0 Å². The number of carbonyl (C=O) groups excluding carboxylic acids is 1. The number of hydrogen-bond donors (Lipinski definition) is 0. The second-order valence-electron chi connectivity index (χ2n) is 7.10. The van der Waals surface area contributed by atoms with Crippen LogP contribution < -0.4 is 4.74 Å². The molecular formula is C27H40O2. The Kier molecular flexibility index (Phi) is 16.3. The van der Waals surface area contributed by atoms with Crippen molar-refractivity contribution in [3.8, 4) is 5.75 Å². The Hall–Kier alpha value is -2.35. The van der Waals surface area contributed by atoms with Crippen molar-refractivity contribution in [3.63, 3.8) is 0 Å². The summed E-state index contributed by atoms with van der Waals surface area (Å²) in [7, 11) is 0. The molecule has 0 aromatic heterocycles. The first-order valence-corrected chi connectivity index (χ1v) is 10.9. The largest absolute Gasteiger partial charge is 0.494 e. The Morgan fingerprint density at radius 1 is 0.759 bits per heavy atom. The lowest BCUT2D eigenvalue weighted by Crippen LogP contribution is -1.96. The van der Waals surface area contributed by atoms with Crippen LogP contribution in [0.1, 0.15) is 89.1 Å². The van der Waals surface area contributed by atoms with Gasteiger partial charge in [-0.05, 0) is 38.0 Å². The van der Waals surface area contributed by atoms with Gasteiger partial charge in [-0.3, -0.25) is 4.79 Å². The summed E-state index contributed by atoms with van der Waals surface area (Å²) in [6.45, 7) is 14.7. The van der Waals surface area contributed by atoms with Crippen LogP contribution in [-0.4, -0.2) is 12.4 Å². The zero-order valence-electron chi connectivity index (χ0n) is 19.2. The molecule has 2 nitrogen and oxygen atoms in total. The van der Waals surface area contributed by atoms with E-state index in [2.05, 4.69) is 27.4 Å². The first-order chi connectivity index (χ1) is 14.0. The smallest absolute Gasteiger partial charge is 0.160 e. The fraction of sp³-hybridized carbons (Fsp3) is 0.444. The van der Waals surface area contributed by atoms with E-state index in [-0.39, 0.29) is 5.78 Å². The minimum atomic E-state index is 0.0913. The average molecular weight is 397 g/mol. The molecule has 0 bridgehead atoms. The van der Waals surface area contributed by atoms with E-state index in [0.717, 1.165) is 35.5 Å². The quantitative estimate of drug-likeness (QED) is 0.314. The zero-order chi connectivity index (χ0) is 21.9. The highest BCUT2D eigenvalue weighted by Crippen LogP contribution is 2.17. The lowest BCUT2D eigenvalue weighted by atomic mass is 10.00. The van der Waals surface area contributed by atoms with E-state index in [0.29, 0.717) is 0 Å². The summed E-state index contributed by atoms with van der Waals surface area (Å²) >= 11 is 0. The van der Waals surface area contributed by atoms with Crippen LogP contribution in [0.25, 0.3) is 5.57 Å². The average Bonchev–Trinajstić information content (AvgIpc) is 2.74. The van der Waals surface area contributed by atoms with Crippen molar-refractivity contribution in [1.82, 2.24) is 0 Å². The van der Waals surface area contributed by atoms with Gasteiger partial charge in [0.05, 0.1) is 6.61 Å². The van der Waals surface area contributed by atoms with E-state index >= 15 is 0 Å². The van der Waals surface area contributed by atoms with Crippen molar-refractivity contribution in [2.45, 2.75) is 73.1 Å². The standard InChI is InChI=1S/C11H12O.C9H12O.C7H16/c1-8(2)10-6-4-5-7-11(10)9(3)12;1-2-8-10-9-6-4-3-5-7-9;1-3-5-7-6-4-2/h4-7H,1H2,2-3H3;3-7H,2,8H2,1H3;3-7H2,1-2H3. The highest BCUT2D eigenvalue weighted by Gasteiger charge is 2.05. The molecule has 0 aliphatic carbocycles.